The molecule has 0 unspecified atom stereocenters. The van der Waals surface area contributed by atoms with Crippen LogP contribution in [0.3, 0.4) is 0 Å². The van der Waals surface area contributed by atoms with Gasteiger partial charge in [-0.1, -0.05) is 25.0 Å². The molecule has 1 saturated heterocycles. The second-order valence-electron chi connectivity index (χ2n) is 9.33. The first kappa shape index (κ1) is 19.1. The van der Waals surface area contributed by atoms with Crippen molar-refractivity contribution in [3.8, 4) is 0 Å². The molecule has 0 bridgehead atoms. The van der Waals surface area contributed by atoms with Crippen LogP contribution in [0, 0.1) is 5.41 Å². The summed E-state index contributed by atoms with van der Waals surface area (Å²) in [6, 6.07) is 0. The summed E-state index contributed by atoms with van der Waals surface area (Å²) in [4.78, 5) is 7.53. The lowest BCUT2D eigenvalue weighted by molar-refractivity contribution is 0.0835. The lowest BCUT2D eigenvalue weighted by Crippen LogP contribution is -2.31. The van der Waals surface area contributed by atoms with Crippen LogP contribution in [0.25, 0.3) is 0 Å². The van der Waals surface area contributed by atoms with Gasteiger partial charge in [0.15, 0.2) is 5.82 Å². The molecular weight excluding hydrogens is 336 g/mol. The number of fused-ring (bicyclic) bond motifs is 1. The molecular formula is C22H36N4O. The lowest BCUT2D eigenvalue weighted by atomic mass is 9.71. The molecule has 0 spiro atoms. The second-order valence-corrected chi connectivity index (χ2v) is 9.33. The third-order valence-electron chi connectivity index (χ3n) is 6.99. The maximum absolute atomic E-state index is 5.48. The smallest absolute Gasteiger partial charge is 0.154 e. The predicted molar refractivity (Wildman–Crippen MR) is 108 cm³/mol. The predicted octanol–water partition coefficient (Wildman–Crippen LogP) is 3.95. The van der Waals surface area contributed by atoms with Gasteiger partial charge in [0.25, 0.3) is 0 Å². The Morgan fingerprint density at radius 1 is 1.11 bits per heavy atom. The molecule has 1 aliphatic carbocycles. The first-order valence-electron chi connectivity index (χ1n) is 11.0. The average Bonchev–Trinajstić information content (AvgIpc) is 2.97. The van der Waals surface area contributed by atoms with E-state index in [0.29, 0.717) is 11.3 Å². The topological polar surface area (TPSA) is 43.2 Å². The van der Waals surface area contributed by atoms with Gasteiger partial charge in [-0.05, 0) is 50.9 Å². The van der Waals surface area contributed by atoms with Crippen LogP contribution in [0.15, 0.2) is 11.1 Å². The summed E-state index contributed by atoms with van der Waals surface area (Å²) in [5.41, 5.74) is 3.76. The Balaban J connectivity index is 1.34. The summed E-state index contributed by atoms with van der Waals surface area (Å²) >= 11 is 0. The van der Waals surface area contributed by atoms with Gasteiger partial charge in [0.1, 0.15) is 5.82 Å². The Bertz CT molecular complexity index is 659. The number of rotatable bonds is 4. The van der Waals surface area contributed by atoms with Gasteiger partial charge < -0.3 is 9.64 Å². The fraction of sp³-hybridized carbons (Fsp3) is 0.818. The summed E-state index contributed by atoms with van der Waals surface area (Å²) in [7, 11) is 0. The van der Waals surface area contributed by atoms with Crippen molar-refractivity contribution in [1.82, 2.24) is 19.7 Å². The zero-order valence-electron chi connectivity index (χ0n) is 17.5. The third kappa shape index (κ3) is 4.29. The Hall–Kier alpha value is -1.20. The van der Waals surface area contributed by atoms with Crippen molar-refractivity contribution in [2.75, 3.05) is 32.8 Å². The minimum Gasteiger partial charge on any atom is -0.381 e. The van der Waals surface area contributed by atoms with Crippen LogP contribution in [-0.2, 0) is 17.7 Å². The Morgan fingerprint density at radius 2 is 1.93 bits per heavy atom. The van der Waals surface area contributed by atoms with Crippen LogP contribution >= 0.6 is 0 Å². The van der Waals surface area contributed by atoms with E-state index in [1.54, 1.807) is 11.1 Å². The van der Waals surface area contributed by atoms with Crippen molar-refractivity contribution in [3.05, 3.63) is 22.8 Å². The van der Waals surface area contributed by atoms with E-state index in [1.807, 2.05) is 0 Å². The van der Waals surface area contributed by atoms with Gasteiger partial charge in [0.05, 0.1) is 6.54 Å². The second kappa shape index (κ2) is 8.04. The summed E-state index contributed by atoms with van der Waals surface area (Å²) in [6.45, 7) is 13.3. The molecule has 0 N–H and O–H groups in total. The first-order valence-corrected chi connectivity index (χ1v) is 11.0. The minimum atomic E-state index is 0.390. The molecule has 2 aliphatic heterocycles. The van der Waals surface area contributed by atoms with Crippen LogP contribution in [0.1, 0.15) is 76.9 Å². The molecule has 0 radical (unpaired) electrons. The van der Waals surface area contributed by atoms with E-state index < -0.39 is 0 Å². The van der Waals surface area contributed by atoms with Crippen molar-refractivity contribution < 1.29 is 4.74 Å². The van der Waals surface area contributed by atoms with Gasteiger partial charge in [-0.2, -0.15) is 5.10 Å². The average molecular weight is 373 g/mol. The van der Waals surface area contributed by atoms with Gasteiger partial charge in [0.2, 0.25) is 0 Å². The molecule has 1 aromatic heterocycles. The van der Waals surface area contributed by atoms with Crippen molar-refractivity contribution in [2.45, 2.75) is 78.2 Å². The Morgan fingerprint density at radius 3 is 2.70 bits per heavy atom. The lowest BCUT2D eigenvalue weighted by Gasteiger charge is -2.35. The van der Waals surface area contributed by atoms with Gasteiger partial charge >= 0.3 is 0 Å². The zero-order chi connectivity index (χ0) is 18.9. The highest BCUT2D eigenvalue weighted by atomic mass is 16.5. The fourth-order valence-corrected chi connectivity index (χ4v) is 5.21. The van der Waals surface area contributed by atoms with Gasteiger partial charge in [-0.3, -0.25) is 0 Å². The van der Waals surface area contributed by atoms with Gasteiger partial charge in [-0.25, -0.2) is 9.67 Å². The maximum atomic E-state index is 5.48. The number of ether oxygens (including phenoxy) is 1. The number of hydrogen-bond acceptors (Lipinski definition) is 4. The van der Waals surface area contributed by atoms with E-state index in [-0.39, 0.29) is 0 Å². The van der Waals surface area contributed by atoms with E-state index in [1.165, 1.54) is 38.1 Å². The van der Waals surface area contributed by atoms with Crippen molar-refractivity contribution in [1.29, 1.82) is 0 Å². The molecule has 3 heterocycles. The zero-order valence-corrected chi connectivity index (χ0v) is 17.5. The standard InChI is InChI=1S/C22H36N4O/c1-17-5-4-10-22(2,3)19(17)6-11-25-12-7-20-23-21(24-26(20)14-13-25)18-8-15-27-16-9-18/h18H,4-16H2,1-3H3. The first-order chi connectivity index (χ1) is 13.0. The molecule has 1 fully saturated rings. The van der Waals surface area contributed by atoms with E-state index in [9.17, 15) is 0 Å². The third-order valence-corrected chi connectivity index (χ3v) is 6.99. The molecule has 0 saturated carbocycles. The van der Waals surface area contributed by atoms with E-state index in [4.69, 9.17) is 14.8 Å². The van der Waals surface area contributed by atoms with Gasteiger partial charge in [0, 0.05) is 45.2 Å². The molecule has 4 rings (SSSR count). The van der Waals surface area contributed by atoms with Crippen molar-refractivity contribution in [2.24, 2.45) is 5.41 Å². The highest BCUT2D eigenvalue weighted by Crippen LogP contribution is 2.41. The largest absolute Gasteiger partial charge is 0.381 e. The molecule has 5 heteroatoms. The molecule has 150 valence electrons. The maximum Gasteiger partial charge on any atom is 0.154 e. The Kier molecular flexibility index (Phi) is 5.70. The summed E-state index contributed by atoms with van der Waals surface area (Å²) in [6.07, 6.45) is 8.38. The normalized spacial score (nSPS) is 24.7. The molecule has 5 nitrogen and oxygen atoms in total. The molecule has 27 heavy (non-hydrogen) atoms. The molecule has 3 aliphatic rings. The summed E-state index contributed by atoms with van der Waals surface area (Å²) in [5.74, 6) is 2.75. The molecule has 1 aromatic rings. The number of nitrogens with zero attached hydrogens (tertiary/aromatic N) is 4. The molecule has 0 atom stereocenters. The van der Waals surface area contributed by atoms with Gasteiger partial charge in [-0.15, -0.1) is 0 Å². The van der Waals surface area contributed by atoms with Crippen LogP contribution in [0.5, 0.6) is 0 Å². The number of allylic oxidation sites excluding steroid dienone is 1. The number of hydrogen-bond donors (Lipinski definition) is 0. The summed E-state index contributed by atoms with van der Waals surface area (Å²) < 4.78 is 7.66. The number of aromatic nitrogens is 3. The SMILES string of the molecule is CC1=C(CCN2CCc3nc(C4CCOCC4)nn3CC2)C(C)(C)CCC1. The summed E-state index contributed by atoms with van der Waals surface area (Å²) in [5, 5.41) is 4.87. The van der Waals surface area contributed by atoms with E-state index in [0.717, 1.165) is 57.9 Å². The highest BCUT2D eigenvalue weighted by molar-refractivity contribution is 5.22. The van der Waals surface area contributed by atoms with E-state index >= 15 is 0 Å². The quantitative estimate of drug-likeness (QED) is 0.751. The van der Waals surface area contributed by atoms with Crippen LogP contribution in [0.2, 0.25) is 0 Å². The molecule has 0 amide bonds. The molecule has 0 aromatic carbocycles. The minimum absolute atomic E-state index is 0.390. The highest BCUT2D eigenvalue weighted by Gasteiger charge is 2.29. The van der Waals surface area contributed by atoms with E-state index in [2.05, 4.69) is 30.4 Å². The van der Waals surface area contributed by atoms with Crippen LogP contribution in [0.4, 0.5) is 0 Å². The van der Waals surface area contributed by atoms with Crippen LogP contribution < -0.4 is 0 Å². The Labute approximate surface area is 164 Å². The van der Waals surface area contributed by atoms with Crippen LogP contribution in [-0.4, -0.2) is 52.5 Å². The van der Waals surface area contributed by atoms with Crippen molar-refractivity contribution >= 4 is 0 Å². The monoisotopic (exact) mass is 372 g/mol. The fourth-order valence-electron chi connectivity index (χ4n) is 5.21. The van der Waals surface area contributed by atoms with Crippen molar-refractivity contribution in [3.63, 3.8) is 0 Å².